The maximum absolute atomic E-state index is 12.2. The number of carbonyl (C=O) groups is 1. The van der Waals surface area contributed by atoms with Crippen molar-refractivity contribution in [2.75, 3.05) is 6.54 Å². The number of carbonyl (C=O) groups excluding carboxylic acids is 1. The zero-order chi connectivity index (χ0) is 15.7. The molecule has 0 unspecified atom stereocenters. The molecule has 0 N–H and O–H groups in total. The van der Waals surface area contributed by atoms with Gasteiger partial charge in [0.25, 0.3) is 5.91 Å². The van der Waals surface area contributed by atoms with Crippen molar-refractivity contribution in [1.82, 2.24) is 4.90 Å². The summed E-state index contributed by atoms with van der Waals surface area (Å²) in [5, 5.41) is 0.626. The summed E-state index contributed by atoms with van der Waals surface area (Å²) in [5.74, 6) is 1.20. The highest BCUT2D eigenvalue weighted by atomic mass is 35.5. The van der Waals surface area contributed by atoms with Crippen LogP contribution in [0.5, 0.6) is 0 Å². The second-order valence-electron chi connectivity index (χ2n) is 4.61. The van der Waals surface area contributed by atoms with E-state index in [9.17, 15) is 4.79 Å². The summed E-state index contributed by atoms with van der Waals surface area (Å²) < 4.78 is 6.36. The Morgan fingerprint density at radius 1 is 1.32 bits per heavy atom. The fourth-order valence-corrected chi connectivity index (χ4v) is 3.73. The van der Waals surface area contributed by atoms with Crippen LogP contribution in [0.4, 0.5) is 0 Å². The molecule has 0 aliphatic carbocycles. The minimum absolute atomic E-state index is 0.0757. The Morgan fingerprint density at radius 2 is 2.09 bits per heavy atom. The van der Waals surface area contributed by atoms with Crippen molar-refractivity contribution in [1.29, 1.82) is 0 Å². The molecule has 2 aromatic rings. The van der Waals surface area contributed by atoms with Crippen LogP contribution in [0, 0.1) is 0 Å². The molecule has 6 heteroatoms. The maximum atomic E-state index is 12.2. The van der Waals surface area contributed by atoms with Gasteiger partial charge in [-0.3, -0.25) is 9.69 Å². The normalized spacial score (nSPS) is 16.8. The van der Waals surface area contributed by atoms with Gasteiger partial charge in [-0.2, -0.15) is 0 Å². The number of thioether (sulfide) groups is 1. The first-order valence-corrected chi connectivity index (χ1v) is 8.30. The molecule has 3 rings (SSSR count). The molecule has 0 radical (unpaired) electrons. The minimum atomic E-state index is -0.0757. The number of hydrogen-bond acceptors (Lipinski definition) is 4. The predicted molar refractivity (Wildman–Crippen MR) is 94.7 cm³/mol. The average molecular weight is 350 g/mol. The zero-order valence-electron chi connectivity index (χ0n) is 11.7. The summed E-state index contributed by atoms with van der Waals surface area (Å²) in [4.78, 5) is 14.3. The van der Waals surface area contributed by atoms with Crippen molar-refractivity contribution in [3.63, 3.8) is 0 Å². The van der Waals surface area contributed by atoms with E-state index in [1.54, 1.807) is 11.0 Å². The molecule has 112 valence electrons. The van der Waals surface area contributed by atoms with Gasteiger partial charge in [0.05, 0.1) is 9.93 Å². The molecule has 0 bridgehead atoms. The average Bonchev–Trinajstić information content (AvgIpc) is 3.05. The lowest BCUT2D eigenvalue weighted by Crippen LogP contribution is -2.27. The fraction of sp³-hybridized carbons (Fsp3) is 0.125. The summed E-state index contributed by atoms with van der Waals surface area (Å²) in [6.07, 6.45) is 1.72. The van der Waals surface area contributed by atoms with E-state index < -0.39 is 0 Å². The molecule has 22 heavy (non-hydrogen) atoms. The summed E-state index contributed by atoms with van der Waals surface area (Å²) in [6.45, 7) is 2.47. The first kappa shape index (κ1) is 15.3. The Hall–Kier alpha value is -1.56. The lowest BCUT2D eigenvalue weighted by molar-refractivity contribution is -0.121. The summed E-state index contributed by atoms with van der Waals surface area (Å²) in [5.41, 5.74) is 0.824. The third-order valence-electron chi connectivity index (χ3n) is 3.23. The Balaban J connectivity index is 1.90. The Bertz CT molecular complexity index is 782. The molecule has 0 saturated carbocycles. The van der Waals surface area contributed by atoms with E-state index in [-0.39, 0.29) is 5.91 Å². The first-order valence-electron chi connectivity index (χ1n) is 6.70. The molecule has 3 nitrogen and oxygen atoms in total. The molecule has 1 fully saturated rings. The van der Waals surface area contributed by atoms with Crippen LogP contribution in [0.2, 0.25) is 5.02 Å². The summed E-state index contributed by atoms with van der Waals surface area (Å²) >= 11 is 12.6. The van der Waals surface area contributed by atoms with E-state index in [4.69, 9.17) is 28.2 Å². The smallest absolute Gasteiger partial charge is 0.266 e. The largest absolute Gasteiger partial charge is 0.457 e. The summed E-state index contributed by atoms with van der Waals surface area (Å²) in [6, 6.07) is 11.1. The number of furan rings is 1. The van der Waals surface area contributed by atoms with Crippen LogP contribution in [-0.2, 0) is 4.79 Å². The summed E-state index contributed by atoms with van der Waals surface area (Å²) in [7, 11) is 0. The first-order chi connectivity index (χ1) is 10.6. The zero-order valence-corrected chi connectivity index (χ0v) is 14.1. The minimum Gasteiger partial charge on any atom is -0.457 e. The van der Waals surface area contributed by atoms with E-state index in [1.165, 1.54) is 11.8 Å². The van der Waals surface area contributed by atoms with E-state index in [0.29, 0.717) is 32.3 Å². The van der Waals surface area contributed by atoms with Gasteiger partial charge < -0.3 is 4.42 Å². The van der Waals surface area contributed by atoms with E-state index in [1.807, 2.05) is 43.3 Å². The van der Waals surface area contributed by atoms with Gasteiger partial charge in [-0.25, -0.2) is 0 Å². The molecule has 0 atom stereocenters. The van der Waals surface area contributed by atoms with Gasteiger partial charge >= 0.3 is 0 Å². The lowest BCUT2D eigenvalue weighted by atomic mass is 10.2. The molecular weight excluding hydrogens is 338 g/mol. The van der Waals surface area contributed by atoms with Gasteiger partial charge in [-0.1, -0.05) is 47.7 Å². The highest BCUT2D eigenvalue weighted by Crippen LogP contribution is 2.34. The van der Waals surface area contributed by atoms with Crippen LogP contribution >= 0.6 is 35.6 Å². The van der Waals surface area contributed by atoms with Crippen LogP contribution in [0.3, 0.4) is 0 Å². The Labute approximate surface area is 142 Å². The van der Waals surface area contributed by atoms with E-state index in [2.05, 4.69) is 0 Å². The third-order valence-corrected chi connectivity index (χ3v) is 4.94. The molecule has 1 aliphatic heterocycles. The second-order valence-corrected chi connectivity index (χ2v) is 6.69. The van der Waals surface area contributed by atoms with Crippen molar-refractivity contribution in [2.24, 2.45) is 0 Å². The number of halogens is 1. The van der Waals surface area contributed by atoms with E-state index in [0.717, 1.165) is 5.56 Å². The fourth-order valence-electron chi connectivity index (χ4n) is 2.14. The van der Waals surface area contributed by atoms with Gasteiger partial charge in [-0.05, 0) is 31.2 Å². The SMILES string of the molecule is CCN1C(=O)/C(=C\c2ccc(-c3ccccc3Cl)o2)SC1=S. The number of nitrogens with zero attached hydrogens (tertiary/aromatic N) is 1. The van der Waals surface area contributed by atoms with Gasteiger partial charge in [0.1, 0.15) is 15.8 Å². The van der Waals surface area contributed by atoms with Crippen molar-refractivity contribution in [2.45, 2.75) is 6.92 Å². The molecule has 1 aromatic heterocycles. The molecule has 1 aliphatic rings. The van der Waals surface area contributed by atoms with Gasteiger partial charge in [0.15, 0.2) is 0 Å². The molecule has 1 saturated heterocycles. The van der Waals surface area contributed by atoms with Crippen molar-refractivity contribution in [3.8, 4) is 11.3 Å². The van der Waals surface area contributed by atoms with Crippen molar-refractivity contribution >= 4 is 51.9 Å². The number of likely N-dealkylation sites (N-methyl/N-ethyl adjacent to an activating group) is 1. The quantitative estimate of drug-likeness (QED) is 0.587. The third kappa shape index (κ3) is 2.84. The highest BCUT2D eigenvalue weighted by molar-refractivity contribution is 8.26. The predicted octanol–water partition coefficient (Wildman–Crippen LogP) is 4.82. The van der Waals surface area contributed by atoms with Crippen molar-refractivity contribution in [3.05, 3.63) is 52.1 Å². The van der Waals surface area contributed by atoms with Crippen LogP contribution in [-0.4, -0.2) is 21.7 Å². The molecule has 1 aromatic carbocycles. The molecule has 1 amide bonds. The Morgan fingerprint density at radius 3 is 2.77 bits per heavy atom. The van der Waals surface area contributed by atoms with Crippen LogP contribution in [0.15, 0.2) is 45.7 Å². The standard InChI is InChI=1S/C16H12ClNO2S2/c1-2-18-15(19)14(22-16(18)21)9-10-7-8-13(20-10)11-5-3-4-6-12(11)17/h3-9H,2H2,1H3/b14-9+. The number of benzene rings is 1. The number of hydrogen-bond donors (Lipinski definition) is 0. The van der Waals surface area contributed by atoms with Gasteiger partial charge in [0.2, 0.25) is 0 Å². The van der Waals surface area contributed by atoms with Gasteiger partial charge in [0, 0.05) is 18.2 Å². The monoisotopic (exact) mass is 349 g/mol. The number of amides is 1. The van der Waals surface area contributed by atoms with Crippen molar-refractivity contribution < 1.29 is 9.21 Å². The number of thiocarbonyl (C=S) groups is 1. The molecule has 0 spiro atoms. The van der Waals surface area contributed by atoms with Gasteiger partial charge in [-0.15, -0.1) is 0 Å². The van der Waals surface area contributed by atoms with E-state index >= 15 is 0 Å². The second kappa shape index (κ2) is 6.28. The number of rotatable bonds is 3. The van der Waals surface area contributed by atoms with Crippen LogP contribution in [0.1, 0.15) is 12.7 Å². The van der Waals surface area contributed by atoms with Crippen LogP contribution in [0.25, 0.3) is 17.4 Å². The Kier molecular flexibility index (Phi) is 4.38. The van der Waals surface area contributed by atoms with Crippen LogP contribution < -0.4 is 0 Å². The topological polar surface area (TPSA) is 33.5 Å². The maximum Gasteiger partial charge on any atom is 0.266 e. The highest BCUT2D eigenvalue weighted by Gasteiger charge is 2.30. The molecular formula is C16H12ClNO2S2. The molecule has 2 heterocycles. The lowest BCUT2D eigenvalue weighted by Gasteiger charge is -2.09.